The van der Waals surface area contributed by atoms with Crippen molar-refractivity contribution in [2.45, 2.75) is 0 Å². The van der Waals surface area contributed by atoms with Crippen molar-refractivity contribution in [2.75, 3.05) is 26.7 Å². The van der Waals surface area contributed by atoms with Gasteiger partial charge in [0, 0.05) is 20.1 Å². The van der Waals surface area contributed by atoms with Crippen molar-refractivity contribution >= 4 is 18.7 Å². The van der Waals surface area contributed by atoms with Crippen LogP contribution in [0.5, 0.6) is 0 Å². The molecule has 1 heterocycles. The van der Waals surface area contributed by atoms with Crippen LogP contribution in [0, 0.1) is 0 Å². The van der Waals surface area contributed by atoms with E-state index >= 15 is 0 Å². The Hall–Kier alpha value is -0.220. The molecular formula is C5H10N2OS. The molecule has 1 fully saturated rings. The van der Waals surface area contributed by atoms with Crippen molar-refractivity contribution < 1.29 is 4.79 Å². The first kappa shape index (κ1) is 6.89. The van der Waals surface area contributed by atoms with Gasteiger partial charge >= 0.3 is 0 Å². The second-order valence-electron chi connectivity index (χ2n) is 2.20. The number of amides is 1. The Morgan fingerprint density at radius 2 is 2.22 bits per heavy atom. The Balaban J connectivity index is 2.44. The van der Waals surface area contributed by atoms with E-state index in [9.17, 15) is 4.79 Å². The second-order valence-corrected chi connectivity index (χ2v) is 2.77. The van der Waals surface area contributed by atoms with Crippen LogP contribution in [0.3, 0.4) is 0 Å². The molecule has 52 valence electrons. The van der Waals surface area contributed by atoms with Gasteiger partial charge in [-0.3, -0.25) is 4.79 Å². The van der Waals surface area contributed by atoms with Gasteiger partial charge in [-0.25, -0.2) is 4.31 Å². The van der Waals surface area contributed by atoms with Gasteiger partial charge in [0.2, 0.25) is 5.91 Å². The van der Waals surface area contributed by atoms with Crippen LogP contribution < -0.4 is 0 Å². The lowest BCUT2D eigenvalue weighted by molar-refractivity contribution is -0.132. The topological polar surface area (TPSA) is 23.6 Å². The van der Waals surface area contributed by atoms with Crippen LogP contribution >= 0.6 is 12.8 Å². The van der Waals surface area contributed by atoms with E-state index in [2.05, 4.69) is 12.8 Å². The standard InChI is InChI=1S/C5H10N2OS/c1-6-2-3-7(9)4-5(6)8/h9H,2-4H2,1H3. The van der Waals surface area contributed by atoms with Gasteiger partial charge in [-0.05, 0) is 0 Å². The molecule has 0 saturated carbocycles. The van der Waals surface area contributed by atoms with Gasteiger partial charge in [0.1, 0.15) is 0 Å². The highest BCUT2D eigenvalue weighted by Crippen LogP contribution is 2.01. The molecule has 0 atom stereocenters. The minimum Gasteiger partial charge on any atom is -0.343 e. The molecule has 0 unspecified atom stereocenters. The van der Waals surface area contributed by atoms with Crippen molar-refractivity contribution in [3.05, 3.63) is 0 Å². The lowest BCUT2D eigenvalue weighted by Crippen LogP contribution is -2.44. The van der Waals surface area contributed by atoms with Gasteiger partial charge in [0.05, 0.1) is 6.54 Å². The number of hydrogen-bond acceptors (Lipinski definition) is 3. The van der Waals surface area contributed by atoms with Gasteiger partial charge in [-0.2, -0.15) is 0 Å². The fourth-order valence-corrected chi connectivity index (χ4v) is 0.956. The highest BCUT2D eigenvalue weighted by atomic mass is 32.1. The third-order valence-electron chi connectivity index (χ3n) is 1.44. The maximum Gasteiger partial charge on any atom is 0.237 e. The van der Waals surface area contributed by atoms with Gasteiger partial charge < -0.3 is 4.90 Å². The summed E-state index contributed by atoms with van der Waals surface area (Å²) in [5, 5.41) is 0. The van der Waals surface area contributed by atoms with E-state index in [0.29, 0.717) is 6.54 Å². The molecule has 0 aromatic carbocycles. The zero-order valence-electron chi connectivity index (χ0n) is 5.37. The average molecular weight is 146 g/mol. The third kappa shape index (κ3) is 1.59. The van der Waals surface area contributed by atoms with Crippen LogP contribution in [-0.4, -0.2) is 41.8 Å². The van der Waals surface area contributed by atoms with E-state index in [0.717, 1.165) is 13.1 Å². The molecule has 0 spiro atoms. The summed E-state index contributed by atoms with van der Waals surface area (Å²) in [6.07, 6.45) is 0. The molecule has 0 bridgehead atoms. The molecule has 1 amide bonds. The predicted molar refractivity (Wildman–Crippen MR) is 38.2 cm³/mol. The molecule has 1 aliphatic rings. The SMILES string of the molecule is CN1CCN(S)CC1=O. The number of piperazine rings is 1. The summed E-state index contributed by atoms with van der Waals surface area (Å²) in [5.41, 5.74) is 0. The van der Waals surface area contributed by atoms with Crippen LogP contribution in [-0.2, 0) is 4.79 Å². The number of hydrogen-bond donors (Lipinski definition) is 1. The average Bonchev–Trinajstić information content (AvgIpc) is 1.80. The molecule has 1 aliphatic heterocycles. The van der Waals surface area contributed by atoms with Gasteiger partial charge in [0.15, 0.2) is 0 Å². The summed E-state index contributed by atoms with van der Waals surface area (Å²) in [4.78, 5) is 12.6. The number of likely N-dealkylation sites (N-methyl/N-ethyl adjacent to an activating group) is 1. The summed E-state index contributed by atoms with van der Waals surface area (Å²) in [7, 11) is 1.81. The zero-order valence-corrected chi connectivity index (χ0v) is 6.27. The molecule has 1 saturated heterocycles. The van der Waals surface area contributed by atoms with Crippen molar-refractivity contribution in [3.63, 3.8) is 0 Å². The van der Waals surface area contributed by atoms with E-state index in [-0.39, 0.29) is 5.91 Å². The van der Waals surface area contributed by atoms with E-state index in [1.54, 1.807) is 9.21 Å². The van der Waals surface area contributed by atoms with E-state index < -0.39 is 0 Å². The number of thiol groups is 1. The largest absolute Gasteiger partial charge is 0.343 e. The van der Waals surface area contributed by atoms with Crippen molar-refractivity contribution in [2.24, 2.45) is 0 Å². The molecule has 1 rings (SSSR count). The second kappa shape index (κ2) is 2.58. The van der Waals surface area contributed by atoms with Crippen LogP contribution in [0.25, 0.3) is 0 Å². The lowest BCUT2D eigenvalue weighted by atomic mass is 10.4. The van der Waals surface area contributed by atoms with E-state index in [4.69, 9.17) is 0 Å². The third-order valence-corrected chi connectivity index (χ3v) is 1.78. The maximum absolute atomic E-state index is 10.8. The maximum atomic E-state index is 10.8. The summed E-state index contributed by atoms with van der Waals surface area (Å²) < 4.78 is 1.72. The molecular weight excluding hydrogens is 136 g/mol. The minimum atomic E-state index is 0.149. The normalized spacial score (nSPS) is 22.9. The highest BCUT2D eigenvalue weighted by Gasteiger charge is 2.17. The molecule has 9 heavy (non-hydrogen) atoms. The van der Waals surface area contributed by atoms with Gasteiger partial charge in [-0.1, -0.05) is 12.8 Å². The predicted octanol–water partition coefficient (Wildman–Crippen LogP) is -0.395. The van der Waals surface area contributed by atoms with Crippen LogP contribution in [0.2, 0.25) is 0 Å². The minimum absolute atomic E-state index is 0.149. The first-order valence-corrected chi connectivity index (χ1v) is 3.28. The van der Waals surface area contributed by atoms with E-state index in [1.807, 2.05) is 7.05 Å². The first-order valence-electron chi connectivity index (χ1n) is 2.88. The Labute approximate surface area is 60.2 Å². The summed E-state index contributed by atoms with van der Waals surface area (Å²) in [5.74, 6) is 0.149. The first-order chi connectivity index (χ1) is 4.20. The fourth-order valence-electron chi connectivity index (χ4n) is 0.746. The Bertz CT molecular complexity index is 128. The number of nitrogens with zero attached hydrogens (tertiary/aromatic N) is 2. The van der Waals surface area contributed by atoms with Crippen molar-refractivity contribution in [1.29, 1.82) is 0 Å². The molecule has 0 aliphatic carbocycles. The monoisotopic (exact) mass is 146 g/mol. The van der Waals surface area contributed by atoms with Crippen LogP contribution in [0.4, 0.5) is 0 Å². The number of rotatable bonds is 0. The van der Waals surface area contributed by atoms with Gasteiger partial charge in [0.25, 0.3) is 0 Å². The summed E-state index contributed by atoms with van der Waals surface area (Å²) in [6.45, 7) is 2.10. The van der Waals surface area contributed by atoms with Crippen LogP contribution in [0.15, 0.2) is 0 Å². The Morgan fingerprint density at radius 1 is 1.56 bits per heavy atom. The number of carbonyl (C=O) groups excluding carboxylic acids is 1. The summed E-state index contributed by atoms with van der Waals surface area (Å²) in [6, 6.07) is 0. The zero-order chi connectivity index (χ0) is 6.85. The smallest absolute Gasteiger partial charge is 0.237 e. The molecule has 4 heteroatoms. The molecule has 0 aromatic heterocycles. The quantitative estimate of drug-likeness (QED) is 0.470. The lowest BCUT2D eigenvalue weighted by Gasteiger charge is -2.27. The molecule has 0 aromatic rings. The number of carbonyl (C=O) groups is 1. The molecule has 0 radical (unpaired) electrons. The van der Waals surface area contributed by atoms with Crippen molar-refractivity contribution in [3.8, 4) is 0 Å². The summed E-state index contributed by atoms with van der Waals surface area (Å²) >= 11 is 4.05. The molecule has 3 nitrogen and oxygen atoms in total. The Kier molecular flexibility index (Phi) is 1.97. The van der Waals surface area contributed by atoms with Crippen LogP contribution in [0.1, 0.15) is 0 Å². The molecule has 0 N–H and O–H groups in total. The van der Waals surface area contributed by atoms with Gasteiger partial charge in [-0.15, -0.1) is 0 Å². The Morgan fingerprint density at radius 3 is 2.67 bits per heavy atom. The fraction of sp³-hybridized carbons (Fsp3) is 0.800. The highest BCUT2D eigenvalue weighted by molar-refractivity contribution is 7.77. The van der Waals surface area contributed by atoms with Crippen molar-refractivity contribution in [1.82, 2.24) is 9.21 Å². The van der Waals surface area contributed by atoms with E-state index in [1.165, 1.54) is 0 Å².